The van der Waals surface area contributed by atoms with E-state index < -0.39 is 26.4 Å². The molecule has 1 heterocycles. The Morgan fingerprint density at radius 3 is 2.57 bits per heavy atom. The van der Waals surface area contributed by atoms with Crippen LogP contribution >= 0.6 is 0 Å². The van der Waals surface area contributed by atoms with Gasteiger partial charge in [0.2, 0.25) is 6.79 Å². The van der Waals surface area contributed by atoms with Crippen molar-refractivity contribution < 1.29 is 22.6 Å². The van der Waals surface area contributed by atoms with E-state index in [1.54, 1.807) is 42.5 Å². The molecular weight excluding hydrogens is 378 g/mol. The summed E-state index contributed by atoms with van der Waals surface area (Å²) < 4.78 is 43.1. The maximum absolute atomic E-state index is 13.4. The zero-order chi connectivity index (χ0) is 19.9. The lowest BCUT2D eigenvalue weighted by atomic mass is 10.0. The van der Waals surface area contributed by atoms with Crippen LogP contribution in [0.15, 0.2) is 47.4 Å². The average molecular weight is 399 g/mol. The van der Waals surface area contributed by atoms with Crippen molar-refractivity contribution in [2.24, 2.45) is 5.41 Å². The summed E-state index contributed by atoms with van der Waals surface area (Å²) in [6.07, 6.45) is 0. The van der Waals surface area contributed by atoms with Gasteiger partial charge in [-0.15, -0.1) is 0 Å². The van der Waals surface area contributed by atoms with E-state index in [0.29, 0.717) is 18.1 Å². The molecule has 0 aromatic heterocycles. The minimum absolute atomic E-state index is 0.0644. The second-order valence-electron chi connectivity index (χ2n) is 7.16. The van der Waals surface area contributed by atoms with Crippen molar-refractivity contribution >= 4 is 9.84 Å². The smallest absolute Gasteiger partial charge is 0.231 e. The molecule has 7 heteroatoms. The van der Waals surface area contributed by atoms with Gasteiger partial charge in [0.25, 0.3) is 0 Å². The van der Waals surface area contributed by atoms with Crippen LogP contribution in [0.3, 0.4) is 0 Å². The van der Waals surface area contributed by atoms with Gasteiger partial charge < -0.3 is 14.2 Å². The quantitative estimate of drug-likeness (QED) is 0.741. The summed E-state index contributed by atoms with van der Waals surface area (Å²) in [7, 11) is -3.72. The summed E-state index contributed by atoms with van der Waals surface area (Å²) in [4.78, 5) is 0.225. The normalized spacial score (nSPS) is 25.3. The summed E-state index contributed by atoms with van der Waals surface area (Å²) in [6.45, 7) is 4.34. The molecule has 1 saturated carbocycles. The predicted molar refractivity (Wildman–Crippen MR) is 102 cm³/mol. The lowest BCUT2D eigenvalue weighted by molar-refractivity contribution is 0.117. The third-order valence-electron chi connectivity index (χ3n) is 5.45. The van der Waals surface area contributed by atoms with Crippen LogP contribution < -0.4 is 9.47 Å². The van der Waals surface area contributed by atoms with Gasteiger partial charge in [0.1, 0.15) is 5.41 Å². The molecule has 3 atom stereocenters. The van der Waals surface area contributed by atoms with Crippen LogP contribution in [0.25, 0.3) is 0 Å². The summed E-state index contributed by atoms with van der Waals surface area (Å²) in [5.41, 5.74) is 0.585. The van der Waals surface area contributed by atoms with Gasteiger partial charge in [-0.3, -0.25) is 0 Å². The van der Waals surface area contributed by atoms with Crippen molar-refractivity contribution in [1.82, 2.24) is 0 Å². The highest BCUT2D eigenvalue weighted by atomic mass is 32.2. The maximum atomic E-state index is 13.4. The molecule has 6 nitrogen and oxygen atoms in total. The number of nitriles is 1. The molecule has 2 aromatic carbocycles. The summed E-state index contributed by atoms with van der Waals surface area (Å²) >= 11 is 0. The second kappa shape index (κ2) is 6.80. The molecule has 0 amide bonds. The molecule has 0 N–H and O–H groups in total. The molecule has 1 aliphatic heterocycles. The van der Waals surface area contributed by atoms with Crippen LogP contribution in [0.4, 0.5) is 0 Å². The van der Waals surface area contributed by atoms with Crippen molar-refractivity contribution in [3.8, 4) is 17.6 Å². The monoisotopic (exact) mass is 399 g/mol. The minimum Gasteiger partial charge on any atom is -0.454 e. The highest BCUT2D eigenvalue weighted by Gasteiger charge is 2.72. The van der Waals surface area contributed by atoms with Gasteiger partial charge in [0.05, 0.1) is 22.8 Å². The zero-order valence-electron chi connectivity index (χ0n) is 15.7. The molecule has 1 aliphatic carbocycles. The third kappa shape index (κ3) is 2.84. The number of ether oxygens (including phenoxy) is 3. The van der Waals surface area contributed by atoms with Crippen molar-refractivity contribution in [3.63, 3.8) is 0 Å². The zero-order valence-corrected chi connectivity index (χ0v) is 16.5. The molecule has 4 rings (SSSR count). The fourth-order valence-corrected chi connectivity index (χ4v) is 6.23. The van der Waals surface area contributed by atoms with Gasteiger partial charge in [-0.1, -0.05) is 23.8 Å². The lowest BCUT2D eigenvalue weighted by Crippen LogP contribution is -2.19. The summed E-state index contributed by atoms with van der Waals surface area (Å²) in [5.74, 6) is 0.693. The van der Waals surface area contributed by atoms with E-state index in [0.717, 1.165) is 11.1 Å². The van der Waals surface area contributed by atoms with E-state index in [1.165, 1.54) is 0 Å². The molecule has 1 fully saturated rings. The number of sulfone groups is 1. The van der Waals surface area contributed by atoms with E-state index in [-0.39, 0.29) is 18.3 Å². The Balaban J connectivity index is 1.77. The molecule has 0 radical (unpaired) electrons. The van der Waals surface area contributed by atoms with E-state index in [2.05, 4.69) is 6.07 Å². The lowest BCUT2D eigenvalue weighted by Gasteiger charge is -2.10. The number of hydrogen-bond donors (Lipinski definition) is 0. The highest BCUT2D eigenvalue weighted by Crippen LogP contribution is 2.64. The Morgan fingerprint density at radius 2 is 1.89 bits per heavy atom. The molecule has 0 saturated heterocycles. The molecule has 0 unspecified atom stereocenters. The van der Waals surface area contributed by atoms with Crippen LogP contribution in [0.2, 0.25) is 0 Å². The van der Waals surface area contributed by atoms with Crippen LogP contribution in [0.1, 0.15) is 24.0 Å². The Kier molecular flexibility index (Phi) is 4.56. The fraction of sp³-hybridized carbons (Fsp3) is 0.381. The summed E-state index contributed by atoms with van der Waals surface area (Å²) in [5, 5.41) is 9.11. The maximum Gasteiger partial charge on any atom is 0.231 e. The molecular formula is C21H21NO5S. The number of aryl methyl sites for hydroxylation is 1. The highest BCUT2D eigenvalue weighted by molar-refractivity contribution is 7.92. The van der Waals surface area contributed by atoms with Gasteiger partial charge in [0, 0.05) is 12.5 Å². The Bertz CT molecular complexity index is 1040. The predicted octanol–water partition coefficient (Wildman–Crippen LogP) is 3.21. The molecule has 0 spiro atoms. The van der Waals surface area contributed by atoms with Crippen molar-refractivity contribution in [1.29, 1.82) is 5.26 Å². The SMILES string of the molecule is CCOC[C@]1(C#N)[C@H](c2ccc3c(c2)OCO3)[C@@H]1S(=O)(=O)c1ccc(C)cc1. The summed E-state index contributed by atoms with van der Waals surface area (Å²) in [6, 6.07) is 14.3. The number of fused-ring (bicyclic) bond motifs is 1. The van der Waals surface area contributed by atoms with Crippen molar-refractivity contribution in [3.05, 3.63) is 53.6 Å². The van der Waals surface area contributed by atoms with Gasteiger partial charge >= 0.3 is 0 Å². The minimum atomic E-state index is -3.72. The van der Waals surface area contributed by atoms with Crippen LogP contribution in [-0.4, -0.2) is 33.7 Å². The fourth-order valence-electron chi connectivity index (χ4n) is 3.92. The van der Waals surface area contributed by atoms with E-state index >= 15 is 0 Å². The number of rotatable bonds is 6. The van der Waals surface area contributed by atoms with Gasteiger partial charge in [-0.25, -0.2) is 8.42 Å². The molecule has 2 aromatic rings. The number of benzene rings is 2. The molecule has 146 valence electrons. The molecule has 2 aliphatic rings. The van der Waals surface area contributed by atoms with Crippen LogP contribution in [0.5, 0.6) is 11.5 Å². The van der Waals surface area contributed by atoms with Gasteiger partial charge in [-0.05, 0) is 43.7 Å². The average Bonchev–Trinajstić information content (AvgIpc) is 3.15. The number of nitrogens with zero attached hydrogens (tertiary/aromatic N) is 1. The topological polar surface area (TPSA) is 85.6 Å². The number of hydrogen-bond acceptors (Lipinski definition) is 6. The van der Waals surface area contributed by atoms with E-state index in [9.17, 15) is 13.7 Å². The van der Waals surface area contributed by atoms with Crippen LogP contribution in [-0.2, 0) is 14.6 Å². The van der Waals surface area contributed by atoms with E-state index in [1.807, 2.05) is 13.8 Å². The van der Waals surface area contributed by atoms with Crippen molar-refractivity contribution in [2.75, 3.05) is 20.0 Å². The first-order valence-corrected chi connectivity index (χ1v) is 10.7. The Labute approximate surface area is 164 Å². The van der Waals surface area contributed by atoms with Gasteiger partial charge in [-0.2, -0.15) is 5.26 Å². The Morgan fingerprint density at radius 1 is 1.18 bits per heavy atom. The van der Waals surface area contributed by atoms with Gasteiger partial charge in [0.15, 0.2) is 21.3 Å². The van der Waals surface area contributed by atoms with E-state index in [4.69, 9.17) is 14.2 Å². The first-order chi connectivity index (χ1) is 13.4. The largest absolute Gasteiger partial charge is 0.454 e. The van der Waals surface area contributed by atoms with Crippen molar-refractivity contribution in [2.45, 2.75) is 29.9 Å². The molecule has 0 bridgehead atoms. The standard InChI is InChI=1S/C21H21NO5S/c1-3-25-12-21(11-22)19(15-6-9-17-18(10-15)27-13-26-17)20(21)28(23,24)16-7-4-14(2)5-8-16/h4-10,19-20H,3,12-13H2,1-2H3/t19-,20+,21-/m1/s1. The third-order valence-corrected chi connectivity index (χ3v) is 7.74. The first kappa shape index (κ1) is 18.8. The molecule has 28 heavy (non-hydrogen) atoms. The first-order valence-electron chi connectivity index (χ1n) is 9.13. The second-order valence-corrected chi connectivity index (χ2v) is 9.23. The Hall–Kier alpha value is -2.56. The van der Waals surface area contributed by atoms with Crippen LogP contribution in [0, 0.1) is 23.7 Å².